The minimum absolute atomic E-state index is 0.0231. The molecule has 1 amide bonds. The highest BCUT2D eigenvalue weighted by Crippen LogP contribution is 2.40. The third-order valence-corrected chi connectivity index (χ3v) is 3.66. The predicted octanol–water partition coefficient (Wildman–Crippen LogP) is 3.32. The van der Waals surface area contributed by atoms with Crippen molar-refractivity contribution < 1.29 is 4.79 Å². The van der Waals surface area contributed by atoms with Gasteiger partial charge in [0.2, 0.25) is 5.91 Å². The maximum Gasteiger partial charge on any atom is 0.232 e. The summed E-state index contributed by atoms with van der Waals surface area (Å²) in [5.74, 6) is 1.07. The molecule has 0 spiro atoms. The van der Waals surface area contributed by atoms with Crippen LogP contribution in [0.15, 0.2) is 18.2 Å². The van der Waals surface area contributed by atoms with Gasteiger partial charge < -0.3 is 5.32 Å². The van der Waals surface area contributed by atoms with Crippen molar-refractivity contribution in [3.05, 3.63) is 29.3 Å². The van der Waals surface area contributed by atoms with E-state index in [1.807, 2.05) is 12.1 Å². The molecule has 0 bridgehead atoms. The summed E-state index contributed by atoms with van der Waals surface area (Å²) in [5.41, 5.74) is 3.38. The Hall–Kier alpha value is -1.31. The van der Waals surface area contributed by atoms with Gasteiger partial charge in [0.1, 0.15) is 0 Å². The van der Waals surface area contributed by atoms with Gasteiger partial charge in [-0.25, -0.2) is 0 Å². The van der Waals surface area contributed by atoms with Crippen LogP contribution in [0.5, 0.6) is 0 Å². The van der Waals surface area contributed by atoms with E-state index in [1.165, 1.54) is 11.1 Å². The standard InChI is InChI=1S/C14H19NO/c1-8(2)10(4)13-11-7-9(3)5-6-12(11)15-14(13)16/h5-8,10,13H,1-4H3,(H,15,16). The van der Waals surface area contributed by atoms with Gasteiger partial charge in [-0.15, -0.1) is 0 Å². The zero-order chi connectivity index (χ0) is 11.9. The molecule has 86 valence electrons. The molecular weight excluding hydrogens is 198 g/mol. The van der Waals surface area contributed by atoms with Gasteiger partial charge in [-0.2, -0.15) is 0 Å². The highest BCUT2D eigenvalue weighted by atomic mass is 16.2. The zero-order valence-corrected chi connectivity index (χ0v) is 10.4. The molecule has 2 heteroatoms. The Labute approximate surface area is 97.1 Å². The zero-order valence-electron chi connectivity index (χ0n) is 10.4. The maximum absolute atomic E-state index is 12.0. The Balaban J connectivity index is 2.42. The molecule has 1 aromatic carbocycles. The van der Waals surface area contributed by atoms with Crippen LogP contribution in [0.1, 0.15) is 37.8 Å². The SMILES string of the molecule is Cc1ccc2c(c1)C(C(C)C(C)C)C(=O)N2. The van der Waals surface area contributed by atoms with Crippen molar-refractivity contribution in [1.29, 1.82) is 0 Å². The molecule has 0 aliphatic carbocycles. The van der Waals surface area contributed by atoms with Gasteiger partial charge in [0.05, 0.1) is 5.92 Å². The van der Waals surface area contributed by atoms with E-state index in [1.54, 1.807) is 0 Å². The summed E-state index contributed by atoms with van der Waals surface area (Å²) in [6.45, 7) is 8.57. The lowest BCUT2D eigenvalue weighted by Gasteiger charge is -2.21. The lowest BCUT2D eigenvalue weighted by molar-refractivity contribution is -0.118. The Morgan fingerprint density at radius 2 is 1.94 bits per heavy atom. The van der Waals surface area contributed by atoms with E-state index >= 15 is 0 Å². The van der Waals surface area contributed by atoms with Crippen molar-refractivity contribution in [2.24, 2.45) is 11.8 Å². The summed E-state index contributed by atoms with van der Waals surface area (Å²) >= 11 is 0. The average Bonchev–Trinajstić information content (AvgIpc) is 2.52. The van der Waals surface area contributed by atoms with Crippen LogP contribution in [-0.4, -0.2) is 5.91 Å². The van der Waals surface area contributed by atoms with Gasteiger partial charge in [-0.1, -0.05) is 38.5 Å². The number of hydrogen-bond acceptors (Lipinski definition) is 1. The van der Waals surface area contributed by atoms with Crippen LogP contribution in [0.4, 0.5) is 5.69 Å². The van der Waals surface area contributed by atoms with E-state index in [-0.39, 0.29) is 11.8 Å². The molecule has 16 heavy (non-hydrogen) atoms. The fourth-order valence-electron chi connectivity index (χ4n) is 2.31. The Morgan fingerprint density at radius 3 is 2.56 bits per heavy atom. The molecule has 0 radical (unpaired) electrons. The second kappa shape index (κ2) is 3.93. The summed E-state index contributed by atoms with van der Waals surface area (Å²) < 4.78 is 0. The van der Waals surface area contributed by atoms with E-state index in [2.05, 4.69) is 39.1 Å². The second-order valence-corrected chi connectivity index (χ2v) is 5.16. The van der Waals surface area contributed by atoms with E-state index in [9.17, 15) is 4.79 Å². The molecule has 1 heterocycles. The Morgan fingerprint density at radius 1 is 1.25 bits per heavy atom. The van der Waals surface area contributed by atoms with Gasteiger partial charge in [0, 0.05) is 5.69 Å². The first-order chi connectivity index (χ1) is 7.50. The minimum atomic E-state index is 0.0231. The third kappa shape index (κ3) is 1.73. The fraction of sp³-hybridized carbons (Fsp3) is 0.500. The lowest BCUT2D eigenvalue weighted by Crippen LogP contribution is -2.22. The number of nitrogens with one attached hydrogen (secondary N) is 1. The first-order valence-corrected chi connectivity index (χ1v) is 5.92. The third-order valence-electron chi connectivity index (χ3n) is 3.66. The Kier molecular flexibility index (Phi) is 2.75. The molecule has 2 unspecified atom stereocenters. The first-order valence-electron chi connectivity index (χ1n) is 5.92. The normalized spacial score (nSPS) is 20.8. The molecular formula is C14H19NO. The van der Waals surface area contributed by atoms with Crippen LogP contribution in [0.25, 0.3) is 0 Å². The number of fused-ring (bicyclic) bond motifs is 1. The summed E-state index contributed by atoms with van der Waals surface area (Å²) in [4.78, 5) is 12.0. The van der Waals surface area contributed by atoms with E-state index in [0.29, 0.717) is 11.8 Å². The van der Waals surface area contributed by atoms with Crippen molar-refractivity contribution in [3.8, 4) is 0 Å². The van der Waals surface area contributed by atoms with Gasteiger partial charge in [0.15, 0.2) is 0 Å². The van der Waals surface area contributed by atoms with Gasteiger partial charge in [0.25, 0.3) is 0 Å². The molecule has 0 saturated heterocycles. The number of rotatable bonds is 2. The van der Waals surface area contributed by atoms with Crippen LogP contribution in [0.3, 0.4) is 0 Å². The van der Waals surface area contributed by atoms with E-state index < -0.39 is 0 Å². The molecule has 0 fully saturated rings. The van der Waals surface area contributed by atoms with Crippen molar-refractivity contribution in [2.75, 3.05) is 5.32 Å². The quantitative estimate of drug-likeness (QED) is 0.809. The first kappa shape index (κ1) is 11.2. The van der Waals surface area contributed by atoms with Crippen molar-refractivity contribution >= 4 is 11.6 Å². The monoisotopic (exact) mass is 217 g/mol. The van der Waals surface area contributed by atoms with Crippen LogP contribution in [-0.2, 0) is 4.79 Å². The van der Waals surface area contributed by atoms with Crippen LogP contribution in [0, 0.1) is 18.8 Å². The number of amides is 1. The molecule has 1 N–H and O–H groups in total. The van der Waals surface area contributed by atoms with Crippen LogP contribution < -0.4 is 5.32 Å². The van der Waals surface area contributed by atoms with Gasteiger partial charge >= 0.3 is 0 Å². The summed E-state index contributed by atoms with van der Waals surface area (Å²) in [5, 5.41) is 2.97. The molecule has 0 aromatic heterocycles. The summed E-state index contributed by atoms with van der Waals surface area (Å²) in [7, 11) is 0. The molecule has 2 nitrogen and oxygen atoms in total. The largest absolute Gasteiger partial charge is 0.325 e. The number of aryl methyl sites for hydroxylation is 1. The molecule has 1 aliphatic rings. The van der Waals surface area contributed by atoms with Crippen molar-refractivity contribution in [1.82, 2.24) is 0 Å². The molecule has 2 rings (SSSR count). The predicted molar refractivity (Wildman–Crippen MR) is 66.6 cm³/mol. The minimum Gasteiger partial charge on any atom is -0.325 e. The van der Waals surface area contributed by atoms with Gasteiger partial charge in [-0.3, -0.25) is 4.79 Å². The number of carbonyl (C=O) groups is 1. The number of anilines is 1. The molecule has 2 atom stereocenters. The molecule has 1 aliphatic heterocycles. The highest BCUT2D eigenvalue weighted by Gasteiger charge is 2.35. The summed E-state index contributed by atoms with van der Waals surface area (Å²) in [6.07, 6.45) is 0. The molecule has 1 aromatic rings. The molecule has 0 saturated carbocycles. The van der Waals surface area contributed by atoms with Crippen molar-refractivity contribution in [2.45, 2.75) is 33.6 Å². The topological polar surface area (TPSA) is 29.1 Å². The number of benzene rings is 1. The number of hydrogen-bond donors (Lipinski definition) is 1. The summed E-state index contributed by atoms with van der Waals surface area (Å²) in [6, 6.07) is 6.19. The lowest BCUT2D eigenvalue weighted by atomic mass is 9.81. The van der Waals surface area contributed by atoms with E-state index in [0.717, 1.165) is 5.69 Å². The second-order valence-electron chi connectivity index (χ2n) is 5.16. The number of carbonyl (C=O) groups excluding carboxylic acids is 1. The highest BCUT2D eigenvalue weighted by molar-refractivity contribution is 6.03. The van der Waals surface area contributed by atoms with Gasteiger partial charge in [-0.05, 0) is 30.4 Å². The smallest absolute Gasteiger partial charge is 0.232 e. The average molecular weight is 217 g/mol. The maximum atomic E-state index is 12.0. The van der Waals surface area contributed by atoms with Crippen LogP contribution in [0.2, 0.25) is 0 Å². The van der Waals surface area contributed by atoms with Crippen LogP contribution >= 0.6 is 0 Å². The van der Waals surface area contributed by atoms with Crippen molar-refractivity contribution in [3.63, 3.8) is 0 Å². The van der Waals surface area contributed by atoms with E-state index in [4.69, 9.17) is 0 Å². The Bertz CT molecular complexity index is 423. The fourth-order valence-corrected chi connectivity index (χ4v) is 2.31.